The number of anilines is 2. The van der Waals surface area contributed by atoms with Gasteiger partial charge in [-0.2, -0.15) is 0 Å². The summed E-state index contributed by atoms with van der Waals surface area (Å²) in [6, 6.07) is 25.5. The van der Waals surface area contributed by atoms with Crippen LogP contribution in [0, 0.1) is 5.41 Å². The van der Waals surface area contributed by atoms with Crippen molar-refractivity contribution in [2.45, 2.75) is 63.6 Å². The number of methoxy groups -OCH3 is 1. The molecule has 2 N–H and O–H groups in total. The summed E-state index contributed by atoms with van der Waals surface area (Å²) in [6.07, 6.45) is 6.33. The Labute approximate surface area is 291 Å². The molecule has 49 heavy (non-hydrogen) atoms. The molecule has 9 heteroatoms. The van der Waals surface area contributed by atoms with E-state index in [1.807, 2.05) is 24.3 Å². The summed E-state index contributed by atoms with van der Waals surface area (Å²) in [6.45, 7) is 7.65. The number of likely N-dealkylation sites (tertiary alicyclic amines) is 1. The molecule has 7 rings (SSSR count). The number of piperidine rings is 3. The molecule has 4 heterocycles. The number of ether oxygens (including phenoxy) is 1. The number of benzene rings is 3. The number of urea groups is 1. The van der Waals surface area contributed by atoms with Crippen molar-refractivity contribution in [1.29, 1.82) is 0 Å². The zero-order valence-electron chi connectivity index (χ0n) is 29.2. The van der Waals surface area contributed by atoms with E-state index in [1.54, 1.807) is 12.0 Å². The van der Waals surface area contributed by atoms with Gasteiger partial charge in [-0.15, -0.1) is 0 Å². The zero-order chi connectivity index (χ0) is 34.0. The van der Waals surface area contributed by atoms with Crippen molar-refractivity contribution >= 4 is 23.3 Å². The Morgan fingerprint density at radius 2 is 1.45 bits per heavy atom. The van der Waals surface area contributed by atoms with Gasteiger partial charge in [-0.25, -0.2) is 4.79 Å². The second-order valence-electron chi connectivity index (χ2n) is 14.9. The SMILES string of the molecule is COc1ccc(CN2C(=O)CCN(Cc3cccc(N4CCC5(CCN(c6ccc([C@H]7C[C@@H](N)CN(C)C7)cc6)CC5)CC4)c3)C2=O)cc1. The van der Waals surface area contributed by atoms with Gasteiger partial charge in [-0.1, -0.05) is 36.4 Å². The number of carbonyl (C=O) groups is 2. The summed E-state index contributed by atoms with van der Waals surface area (Å²) in [7, 11) is 3.80. The van der Waals surface area contributed by atoms with Gasteiger partial charge in [0.1, 0.15) is 5.75 Å². The molecule has 3 amide bonds. The molecular formula is C40H52N6O3. The van der Waals surface area contributed by atoms with Crippen molar-refractivity contribution in [3.8, 4) is 5.75 Å². The predicted molar refractivity (Wildman–Crippen MR) is 195 cm³/mol. The Hall–Kier alpha value is -4.08. The van der Waals surface area contributed by atoms with Crippen LogP contribution in [-0.4, -0.2) is 92.7 Å². The van der Waals surface area contributed by atoms with Gasteiger partial charge < -0.3 is 30.1 Å². The molecule has 9 nitrogen and oxygen atoms in total. The van der Waals surface area contributed by atoms with Crippen LogP contribution in [0.1, 0.15) is 61.1 Å². The number of rotatable bonds is 8. The summed E-state index contributed by atoms with van der Waals surface area (Å²) in [5.41, 5.74) is 12.7. The molecule has 3 aromatic carbocycles. The lowest BCUT2D eigenvalue weighted by molar-refractivity contribution is -0.131. The summed E-state index contributed by atoms with van der Waals surface area (Å²) >= 11 is 0. The van der Waals surface area contributed by atoms with E-state index >= 15 is 0 Å². The Bertz CT molecular complexity index is 1580. The smallest absolute Gasteiger partial charge is 0.327 e. The van der Waals surface area contributed by atoms with E-state index in [9.17, 15) is 9.59 Å². The lowest BCUT2D eigenvalue weighted by Crippen LogP contribution is -2.51. The molecule has 1 spiro atoms. The fourth-order valence-corrected chi connectivity index (χ4v) is 8.57. The van der Waals surface area contributed by atoms with Crippen LogP contribution < -0.4 is 20.3 Å². The highest BCUT2D eigenvalue weighted by molar-refractivity contribution is 5.96. The molecule has 0 bridgehead atoms. The second kappa shape index (κ2) is 14.4. The molecule has 0 radical (unpaired) electrons. The molecule has 4 saturated heterocycles. The molecule has 2 atom stereocenters. The van der Waals surface area contributed by atoms with E-state index in [-0.39, 0.29) is 24.5 Å². The summed E-state index contributed by atoms with van der Waals surface area (Å²) in [4.78, 5) is 36.8. The van der Waals surface area contributed by atoms with Crippen molar-refractivity contribution in [3.05, 3.63) is 89.5 Å². The van der Waals surface area contributed by atoms with E-state index in [4.69, 9.17) is 10.5 Å². The second-order valence-corrected chi connectivity index (χ2v) is 14.9. The summed E-state index contributed by atoms with van der Waals surface area (Å²) < 4.78 is 5.24. The third-order valence-electron chi connectivity index (χ3n) is 11.6. The van der Waals surface area contributed by atoms with E-state index in [0.29, 0.717) is 30.8 Å². The van der Waals surface area contributed by atoms with Crippen LogP contribution in [0.4, 0.5) is 16.2 Å². The normalized spacial score (nSPS) is 23.3. The van der Waals surface area contributed by atoms with Crippen LogP contribution >= 0.6 is 0 Å². The molecule has 0 unspecified atom stereocenters. The first-order chi connectivity index (χ1) is 23.8. The molecule has 0 saturated carbocycles. The van der Waals surface area contributed by atoms with Crippen LogP contribution in [0.3, 0.4) is 0 Å². The van der Waals surface area contributed by atoms with Gasteiger partial charge in [0.25, 0.3) is 0 Å². The molecule has 4 aliphatic heterocycles. The van der Waals surface area contributed by atoms with Crippen molar-refractivity contribution in [1.82, 2.24) is 14.7 Å². The lowest BCUT2D eigenvalue weighted by Gasteiger charge is -2.48. The molecule has 0 aliphatic carbocycles. The minimum absolute atomic E-state index is 0.120. The average molecular weight is 665 g/mol. The number of hydrogen-bond donors (Lipinski definition) is 1. The number of imide groups is 1. The first kappa shape index (κ1) is 33.4. The zero-order valence-corrected chi connectivity index (χ0v) is 29.2. The van der Waals surface area contributed by atoms with E-state index < -0.39 is 0 Å². The highest BCUT2D eigenvalue weighted by Gasteiger charge is 2.38. The number of carbonyl (C=O) groups excluding carboxylic acids is 2. The van der Waals surface area contributed by atoms with Gasteiger partial charge in [0.15, 0.2) is 0 Å². The molecule has 0 aromatic heterocycles. The van der Waals surface area contributed by atoms with Crippen LogP contribution in [0.15, 0.2) is 72.8 Å². The maximum absolute atomic E-state index is 13.4. The Balaban J connectivity index is 0.909. The average Bonchev–Trinajstić information content (AvgIpc) is 3.12. The van der Waals surface area contributed by atoms with Gasteiger partial charge >= 0.3 is 6.03 Å². The summed E-state index contributed by atoms with van der Waals surface area (Å²) in [5, 5.41) is 0. The lowest BCUT2D eigenvalue weighted by atomic mass is 9.71. The maximum Gasteiger partial charge on any atom is 0.327 e. The van der Waals surface area contributed by atoms with Gasteiger partial charge in [-0.05, 0) is 104 Å². The van der Waals surface area contributed by atoms with Gasteiger partial charge in [0, 0.05) is 76.2 Å². The molecule has 4 fully saturated rings. The van der Waals surface area contributed by atoms with E-state index in [2.05, 4.69) is 70.3 Å². The van der Waals surface area contributed by atoms with Gasteiger partial charge in [0.05, 0.1) is 13.7 Å². The van der Waals surface area contributed by atoms with Crippen molar-refractivity contribution in [2.24, 2.45) is 11.1 Å². The Morgan fingerprint density at radius 1 is 0.776 bits per heavy atom. The number of amides is 3. The number of likely N-dealkylation sites (N-methyl/N-ethyl adjacent to an activating group) is 1. The predicted octanol–water partition coefficient (Wildman–Crippen LogP) is 5.68. The fraction of sp³-hybridized carbons (Fsp3) is 0.500. The first-order valence-electron chi connectivity index (χ1n) is 18.1. The Morgan fingerprint density at radius 3 is 2.10 bits per heavy atom. The number of nitrogens with zero attached hydrogens (tertiary/aromatic N) is 5. The van der Waals surface area contributed by atoms with Crippen molar-refractivity contribution < 1.29 is 14.3 Å². The molecule has 4 aliphatic rings. The number of hydrogen-bond acceptors (Lipinski definition) is 7. The minimum atomic E-state index is -0.221. The standard InChI is InChI=1S/C40H52N6O3/c1-42-28-33(25-34(41)29-42)32-8-10-35(11-9-32)43-20-15-40(16-21-43)17-22-44(23-18-40)36-5-3-4-31(24-36)26-45-19-14-38(47)46(39(45)48)27-30-6-12-37(49-2)13-7-30/h3-13,24,33-34H,14-23,25-29,41H2,1-2H3/t33-,34+/m0/s1. The van der Waals surface area contributed by atoms with Crippen LogP contribution in [-0.2, 0) is 17.9 Å². The largest absolute Gasteiger partial charge is 0.497 e. The van der Waals surface area contributed by atoms with Crippen LogP contribution in [0.5, 0.6) is 5.75 Å². The fourth-order valence-electron chi connectivity index (χ4n) is 8.57. The minimum Gasteiger partial charge on any atom is -0.497 e. The highest BCUT2D eigenvalue weighted by atomic mass is 16.5. The van der Waals surface area contributed by atoms with E-state index in [1.165, 1.54) is 47.5 Å². The van der Waals surface area contributed by atoms with Crippen molar-refractivity contribution in [3.63, 3.8) is 0 Å². The first-order valence-corrected chi connectivity index (χ1v) is 18.1. The maximum atomic E-state index is 13.4. The van der Waals surface area contributed by atoms with E-state index in [0.717, 1.165) is 62.6 Å². The summed E-state index contributed by atoms with van der Waals surface area (Å²) in [5.74, 6) is 1.16. The third-order valence-corrected chi connectivity index (χ3v) is 11.6. The van der Waals surface area contributed by atoms with Crippen LogP contribution in [0.2, 0.25) is 0 Å². The third kappa shape index (κ3) is 7.58. The van der Waals surface area contributed by atoms with Gasteiger partial charge in [-0.3, -0.25) is 9.69 Å². The van der Waals surface area contributed by atoms with Crippen LogP contribution in [0.25, 0.3) is 0 Å². The monoisotopic (exact) mass is 664 g/mol. The Kier molecular flexibility index (Phi) is 9.83. The highest BCUT2D eigenvalue weighted by Crippen LogP contribution is 2.43. The molecule has 260 valence electrons. The topological polar surface area (TPSA) is 85.6 Å². The number of nitrogens with two attached hydrogens (primary N) is 1. The van der Waals surface area contributed by atoms with Gasteiger partial charge in [0.2, 0.25) is 5.91 Å². The quantitative estimate of drug-likeness (QED) is 0.332. The van der Waals surface area contributed by atoms with Crippen molar-refractivity contribution in [2.75, 3.05) is 69.8 Å². The molecule has 3 aromatic rings. The molecular weight excluding hydrogens is 612 g/mol.